The smallest absolute Gasteiger partial charge is 0.261 e. The molecule has 0 radical (unpaired) electrons. The summed E-state index contributed by atoms with van der Waals surface area (Å²) in [6.07, 6.45) is 1.80. The number of hydrogen-bond acceptors (Lipinski definition) is 3. The summed E-state index contributed by atoms with van der Waals surface area (Å²) in [7, 11) is 0. The average Bonchev–Trinajstić information content (AvgIpc) is 2.47. The van der Waals surface area contributed by atoms with Gasteiger partial charge in [-0.15, -0.1) is 0 Å². The zero-order valence-electron chi connectivity index (χ0n) is 13.6. The molecule has 0 aliphatic rings. The van der Waals surface area contributed by atoms with Crippen LogP contribution in [0.3, 0.4) is 0 Å². The Morgan fingerprint density at radius 2 is 2.05 bits per heavy atom. The van der Waals surface area contributed by atoms with Gasteiger partial charge in [0.25, 0.3) is 5.56 Å². The fourth-order valence-corrected chi connectivity index (χ4v) is 2.21. The van der Waals surface area contributed by atoms with Gasteiger partial charge in [0, 0.05) is 19.0 Å². The molecule has 1 aromatic carbocycles. The van der Waals surface area contributed by atoms with Crippen molar-refractivity contribution in [1.82, 2.24) is 14.9 Å². The first kappa shape index (κ1) is 16.2. The van der Waals surface area contributed by atoms with Crippen molar-refractivity contribution in [1.29, 1.82) is 0 Å². The summed E-state index contributed by atoms with van der Waals surface area (Å²) in [4.78, 5) is 28.7. The Morgan fingerprint density at radius 1 is 1.32 bits per heavy atom. The van der Waals surface area contributed by atoms with Gasteiger partial charge in [0.2, 0.25) is 5.91 Å². The van der Waals surface area contributed by atoms with Crippen LogP contribution in [0, 0.1) is 12.8 Å². The lowest BCUT2D eigenvalue weighted by Crippen LogP contribution is -2.37. The van der Waals surface area contributed by atoms with Gasteiger partial charge in [-0.3, -0.25) is 14.2 Å². The Bertz CT molecular complexity index is 734. The Hall–Kier alpha value is -2.17. The summed E-state index contributed by atoms with van der Waals surface area (Å²) < 4.78 is 1.50. The third-order valence-electron chi connectivity index (χ3n) is 4.02. The number of nitrogens with zero attached hydrogens (tertiary/aromatic N) is 2. The summed E-state index contributed by atoms with van der Waals surface area (Å²) in [5, 5.41) is 3.54. The molecule has 1 N–H and O–H groups in total. The molecule has 118 valence electrons. The van der Waals surface area contributed by atoms with Crippen LogP contribution in [0.1, 0.15) is 32.8 Å². The van der Waals surface area contributed by atoms with Crippen LogP contribution in [0.2, 0.25) is 0 Å². The molecule has 0 aliphatic carbocycles. The number of benzene rings is 1. The number of aryl methyl sites for hydroxylation is 2. The van der Waals surface area contributed by atoms with Crippen molar-refractivity contribution in [2.75, 3.05) is 0 Å². The van der Waals surface area contributed by atoms with E-state index in [1.54, 1.807) is 6.07 Å². The molecule has 0 saturated carbocycles. The van der Waals surface area contributed by atoms with Gasteiger partial charge in [-0.05, 0) is 31.4 Å². The van der Waals surface area contributed by atoms with E-state index < -0.39 is 0 Å². The van der Waals surface area contributed by atoms with Crippen molar-refractivity contribution in [3.05, 3.63) is 40.4 Å². The van der Waals surface area contributed by atoms with Crippen LogP contribution in [-0.4, -0.2) is 21.5 Å². The Labute approximate surface area is 130 Å². The second kappa shape index (κ2) is 6.73. The number of amides is 1. The first-order valence-electron chi connectivity index (χ1n) is 7.64. The Kier molecular flexibility index (Phi) is 4.96. The quantitative estimate of drug-likeness (QED) is 0.921. The first-order valence-corrected chi connectivity index (χ1v) is 7.64. The summed E-state index contributed by atoms with van der Waals surface area (Å²) in [5.74, 6) is 0.342. The van der Waals surface area contributed by atoms with E-state index in [0.29, 0.717) is 17.8 Å². The fourth-order valence-electron chi connectivity index (χ4n) is 2.21. The SMILES string of the molecule is Cc1cccc2c(=O)n(CCC(=O)NC(C)C(C)C)cnc12. The van der Waals surface area contributed by atoms with E-state index in [1.807, 2.05) is 26.0 Å². The highest BCUT2D eigenvalue weighted by molar-refractivity contribution is 5.80. The minimum absolute atomic E-state index is 0.0440. The van der Waals surface area contributed by atoms with Crippen molar-refractivity contribution >= 4 is 16.8 Å². The highest BCUT2D eigenvalue weighted by Crippen LogP contribution is 2.11. The van der Waals surface area contributed by atoms with Gasteiger partial charge in [-0.25, -0.2) is 4.98 Å². The molecular formula is C17H23N3O2. The van der Waals surface area contributed by atoms with Crippen molar-refractivity contribution < 1.29 is 4.79 Å². The molecule has 0 saturated heterocycles. The van der Waals surface area contributed by atoms with Crippen LogP contribution in [0.15, 0.2) is 29.3 Å². The zero-order chi connectivity index (χ0) is 16.3. The Balaban J connectivity index is 2.11. The molecule has 0 spiro atoms. The minimum Gasteiger partial charge on any atom is -0.353 e. The predicted molar refractivity (Wildman–Crippen MR) is 87.8 cm³/mol. The number of nitrogens with one attached hydrogen (secondary N) is 1. The highest BCUT2D eigenvalue weighted by Gasteiger charge is 2.11. The van der Waals surface area contributed by atoms with E-state index in [9.17, 15) is 9.59 Å². The van der Waals surface area contributed by atoms with Gasteiger partial charge >= 0.3 is 0 Å². The molecule has 1 unspecified atom stereocenters. The molecule has 0 aliphatic heterocycles. The van der Waals surface area contributed by atoms with Crippen molar-refractivity contribution in [2.24, 2.45) is 5.92 Å². The minimum atomic E-state index is -0.0987. The molecule has 1 amide bonds. The third-order valence-corrected chi connectivity index (χ3v) is 4.02. The Morgan fingerprint density at radius 3 is 2.73 bits per heavy atom. The van der Waals surface area contributed by atoms with E-state index in [1.165, 1.54) is 10.9 Å². The molecule has 5 heteroatoms. The number of carbonyl (C=O) groups excluding carboxylic acids is 1. The average molecular weight is 301 g/mol. The number of aromatic nitrogens is 2. The number of carbonyl (C=O) groups is 1. The second-order valence-corrected chi connectivity index (χ2v) is 6.06. The van der Waals surface area contributed by atoms with Gasteiger partial charge in [-0.1, -0.05) is 26.0 Å². The van der Waals surface area contributed by atoms with Gasteiger partial charge in [0.05, 0.1) is 17.2 Å². The van der Waals surface area contributed by atoms with E-state index in [4.69, 9.17) is 0 Å². The first-order chi connectivity index (χ1) is 10.4. The van der Waals surface area contributed by atoms with Gasteiger partial charge in [0.15, 0.2) is 0 Å². The highest BCUT2D eigenvalue weighted by atomic mass is 16.2. The molecular weight excluding hydrogens is 278 g/mol. The van der Waals surface area contributed by atoms with Crippen molar-refractivity contribution in [3.8, 4) is 0 Å². The molecule has 1 heterocycles. The zero-order valence-corrected chi connectivity index (χ0v) is 13.6. The van der Waals surface area contributed by atoms with E-state index in [0.717, 1.165) is 11.1 Å². The summed E-state index contributed by atoms with van der Waals surface area (Å²) in [6.45, 7) is 8.37. The van der Waals surface area contributed by atoms with Crippen LogP contribution >= 0.6 is 0 Å². The molecule has 2 rings (SSSR count). The summed E-state index contributed by atoms with van der Waals surface area (Å²) in [5.41, 5.74) is 1.60. The predicted octanol–water partition coefficient (Wildman–Crippen LogP) is 2.26. The monoisotopic (exact) mass is 301 g/mol. The maximum atomic E-state index is 12.4. The number of rotatable bonds is 5. The normalized spacial score (nSPS) is 12.6. The maximum Gasteiger partial charge on any atom is 0.261 e. The lowest BCUT2D eigenvalue weighted by molar-refractivity contribution is -0.122. The van der Waals surface area contributed by atoms with E-state index in [-0.39, 0.29) is 23.9 Å². The third kappa shape index (κ3) is 3.53. The van der Waals surface area contributed by atoms with Crippen molar-refractivity contribution in [2.45, 2.75) is 46.7 Å². The standard InChI is InChI=1S/C17H23N3O2/c1-11(2)13(4)19-15(21)8-9-20-10-18-16-12(3)6-5-7-14(16)17(20)22/h5-7,10-11,13H,8-9H2,1-4H3,(H,19,21). The lowest BCUT2D eigenvalue weighted by atomic mass is 10.1. The lowest BCUT2D eigenvalue weighted by Gasteiger charge is -2.17. The fraction of sp³-hybridized carbons (Fsp3) is 0.471. The maximum absolute atomic E-state index is 12.4. The van der Waals surface area contributed by atoms with Gasteiger partial charge in [0.1, 0.15) is 0 Å². The molecule has 2 aromatic rings. The van der Waals surface area contributed by atoms with Crippen LogP contribution in [0.25, 0.3) is 10.9 Å². The van der Waals surface area contributed by atoms with Crippen LogP contribution in [0.5, 0.6) is 0 Å². The van der Waals surface area contributed by atoms with E-state index >= 15 is 0 Å². The van der Waals surface area contributed by atoms with E-state index in [2.05, 4.69) is 24.1 Å². The second-order valence-electron chi connectivity index (χ2n) is 6.06. The number of fused-ring (bicyclic) bond motifs is 1. The molecule has 0 bridgehead atoms. The van der Waals surface area contributed by atoms with Crippen LogP contribution in [0.4, 0.5) is 0 Å². The molecule has 1 atom stereocenters. The number of para-hydroxylation sites is 1. The largest absolute Gasteiger partial charge is 0.353 e. The summed E-state index contributed by atoms with van der Waals surface area (Å²) >= 11 is 0. The van der Waals surface area contributed by atoms with Crippen LogP contribution in [-0.2, 0) is 11.3 Å². The van der Waals surface area contributed by atoms with Gasteiger partial charge in [-0.2, -0.15) is 0 Å². The van der Waals surface area contributed by atoms with Gasteiger partial charge < -0.3 is 5.32 Å². The molecule has 22 heavy (non-hydrogen) atoms. The topological polar surface area (TPSA) is 64.0 Å². The van der Waals surface area contributed by atoms with Crippen LogP contribution < -0.4 is 10.9 Å². The number of hydrogen-bond donors (Lipinski definition) is 1. The molecule has 1 aromatic heterocycles. The summed E-state index contributed by atoms with van der Waals surface area (Å²) in [6, 6.07) is 5.68. The molecule has 5 nitrogen and oxygen atoms in total. The van der Waals surface area contributed by atoms with Crippen molar-refractivity contribution in [3.63, 3.8) is 0 Å². The molecule has 0 fully saturated rings.